The van der Waals surface area contributed by atoms with Crippen molar-refractivity contribution in [2.75, 3.05) is 7.05 Å². The van der Waals surface area contributed by atoms with E-state index in [0.717, 1.165) is 0 Å². The van der Waals surface area contributed by atoms with Crippen LogP contribution in [0, 0.1) is 17.3 Å². The molecule has 2 atom stereocenters. The molecule has 22 heavy (non-hydrogen) atoms. The summed E-state index contributed by atoms with van der Waals surface area (Å²) in [6, 6.07) is -0.697. The number of hydroxylamine groups is 1. The molecule has 0 aromatic rings. The highest BCUT2D eigenvalue weighted by Crippen LogP contribution is 2.22. The molecule has 0 aliphatic carbocycles. The summed E-state index contributed by atoms with van der Waals surface area (Å²) >= 11 is 0. The van der Waals surface area contributed by atoms with Crippen molar-refractivity contribution in [1.29, 1.82) is 0 Å². The van der Waals surface area contributed by atoms with Crippen molar-refractivity contribution in [2.45, 2.75) is 53.5 Å². The molecule has 0 radical (unpaired) electrons. The molecule has 7 heteroatoms. The summed E-state index contributed by atoms with van der Waals surface area (Å²) in [5.74, 6) is -1.65. The molecule has 0 aromatic carbocycles. The summed E-state index contributed by atoms with van der Waals surface area (Å²) in [6.45, 7) is 9.44. The van der Waals surface area contributed by atoms with E-state index in [-0.39, 0.29) is 24.2 Å². The van der Waals surface area contributed by atoms with Crippen LogP contribution in [0.3, 0.4) is 0 Å². The normalized spacial score (nSPS) is 14.2. The predicted molar refractivity (Wildman–Crippen MR) is 82.9 cm³/mol. The lowest BCUT2D eigenvalue weighted by atomic mass is 9.85. The molecule has 4 N–H and O–H groups in total. The highest BCUT2D eigenvalue weighted by Gasteiger charge is 2.34. The lowest BCUT2D eigenvalue weighted by Crippen LogP contribution is -2.54. The maximum atomic E-state index is 12.5. The number of hydrogen-bond acceptors (Lipinski definition) is 4. The molecule has 0 heterocycles. The van der Waals surface area contributed by atoms with Gasteiger partial charge in [0.15, 0.2) is 0 Å². The van der Waals surface area contributed by atoms with E-state index < -0.39 is 23.3 Å². The molecule has 128 valence electrons. The Morgan fingerprint density at radius 1 is 1.09 bits per heavy atom. The molecule has 0 bridgehead atoms. The number of carbonyl (C=O) groups excluding carboxylic acids is 3. The molecule has 0 saturated heterocycles. The standard InChI is InChI=1S/C15H29N3O4/c1-9(2)7-10(8-11(19)18-22)13(20)17-12(14(21)16-6)15(3,4)5/h9-10,12,22H,7-8H2,1-6H3,(H,16,21)(H,17,20)(H,18,19)/t10-,12?/m0/s1. The highest BCUT2D eigenvalue weighted by molar-refractivity contribution is 5.90. The Morgan fingerprint density at radius 3 is 2.00 bits per heavy atom. The minimum Gasteiger partial charge on any atom is -0.357 e. The molecule has 3 amide bonds. The predicted octanol–water partition coefficient (Wildman–Crippen LogP) is 0.821. The molecule has 0 aromatic heterocycles. The van der Waals surface area contributed by atoms with Gasteiger partial charge in [0.2, 0.25) is 17.7 Å². The molecule has 7 nitrogen and oxygen atoms in total. The summed E-state index contributed by atoms with van der Waals surface area (Å²) in [5.41, 5.74) is 1.08. The molecular formula is C15H29N3O4. The van der Waals surface area contributed by atoms with Gasteiger partial charge in [-0.15, -0.1) is 0 Å². The number of carbonyl (C=O) groups is 3. The summed E-state index contributed by atoms with van der Waals surface area (Å²) in [7, 11) is 1.51. The van der Waals surface area contributed by atoms with Crippen molar-refractivity contribution in [2.24, 2.45) is 17.3 Å². The van der Waals surface area contributed by atoms with Crippen molar-refractivity contribution >= 4 is 17.7 Å². The average Bonchev–Trinajstić information content (AvgIpc) is 2.40. The van der Waals surface area contributed by atoms with Gasteiger partial charge in [-0.1, -0.05) is 34.6 Å². The van der Waals surface area contributed by atoms with E-state index in [4.69, 9.17) is 5.21 Å². The molecule has 0 rings (SSSR count). The summed E-state index contributed by atoms with van der Waals surface area (Å²) in [5, 5.41) is 13.9. The van der Waals surface area contributed by atoms with Crippen LogP contribution in [-0.2, 0) is 14.4 Å². The first-order chi connectivity index (χ1) is 10.0. The minimum atomic E-state index is -0.697. The monoisotopic (exact) mass is 315 g/mol. The van der Waals surface area contributed by atoms with E-state index >= 15 is 0 Å². The third-order valence-corrected chi connectivity index (χ3v) is 3.34. The first kappa shape index (κ1) is 20.4. The zero-order valence-electron chi connectivity index (χ0n) is 14.3. The van der Waals surface area contributed by atoms with E-state index in [9.17, 15) is 14.4 Å². The lowest BCUT2D eigenvalue weighted by molar-refractivity contribution is -0.137. The van der Waals surface area contributed by atoms with Crippen LogP contribution in [0.4, 0.5) is 0 Å². The van der Waals surface area contributed by atoms with Gasteiger partial charge in [0, 0.05) is 19.4 Å². The van der Waals surface area contributed by atoms with Gasteiger partial charge in [-0.25, -0.2) is 5.48 Å². The Balaban J connectivity index is 5.11. The molecular weight excluding hydrogens is 286 g/mol. The molecule has 0 aliphatic rings. The number of rotatable bonds is 7. The average molecular weight is 315 g/mol. The zero-order valence-corrected chi connectivity index (χ0v) is 14.3. The highest BCUT2D eigenvalue weighted by atomic mass is 16.5. The molecule has 0 saturated carbocycles. The molecule has 1 unspecified atom stereocenters. The molecule has 0 fully saturated rings. The SMILES string of the molecule is CNC(=O)C(NC(=O)[C@H](CC(=O)NO)CC(C)C)C(C)(C)C. The van der Waals surface area contributed by atoms with Crippen molar-refractivity contribution in [3.8, 4) is 0 Å². The first-order valence-electron chi connectivity index (χ1n) is 7.47. The van der Waals surface area contributed by atoms with Crippen LogP contribution in [0.15, 0.2) is 0 Å². The Labute approximate surface area is 132 Å². The van der Waals surface area contributed by atoms with Crippen LogP contribution in [-0.4, -0.2) is 36.0 Å². The smallest absolute Gasteiger partial charge is 0.244 e. The molecule has 0 spiro atoms. The van der Waals surface area contributed by atoms with Crippen LogP contribution in [0.25, 0.3) is 0 Å². The first-order valence-corrected chi connectivity index (χ1v) is 7.47. The van der Waals surface area contributed by atoms with E-state index in [2.05, 4.69) is 10.6 Å². The van der Waals surface area contributed by atoms with Crippen molar-refractivity contribution in [3.63, 3.8) is 0 Å². The van der Waals surface area contributed by atoms with Crippen molar-refractivity contribution < 1.29 is 19.6 Å². The van der Waals surface area contributed by atoms with Crippen LogP contribution >= 0.6 is 0 Å². The second-order valence-electron chi connectivity index (χ2n) is 6.99. The van der Waals surface area contributed by atoms with Gasteiger partial charge in [-0.2, -0.15) is 0 Å². The Morgan fingerprint density at radius 2 is 1.64 bits per heavy atom. The maximum absolute atomic E-state index is 12.5. The topological polar surface area (TPSA) is 108 Å². The fourth-order valence-electron chi connectivity index (χ4n) is 2.20. The number of nitrogens with one attached hydrogen (secondary N) is 3. The van der Waals surface area contributed by atoms with Gasteiger partial charge < -0.3 is 10.6 Å². The van der Waals surface area contributed by atoms with Crippen molar-refractivity contribution in [3.05, 3.63) is 0 Å². The maximum Gasteiger partial charge on any atom is 0.244 e. The van der Waals surface area contributed by atoms with Gasteiger partial charge in [0.1, 0.15) is 6.04 Å². The van der Waals surface area contributed by atoms with Gasteiger partial charge >= 0.3 is 0 Å². The van der Waals surface area contributed by atoms with E-state index in [1.807, 2.05) is 34.6 Å². The quantitative estimate of drug-likeness (QED) is 0.412. The van der Waals surface area contributed by atoms with Gasteiger partial charge in [0.05, 0.1) is 0 Å². The Bertz CT molecular complexity index is 402. The Hall–Kier alpha value is -1.63. The van der Waals surface area contributed by atoms with Gasteiger partial charge in [0.25, 0.3) is 0 Å². The van der Waals surface area contributed by atoms with E-state index in [1.54, 1.807) is 5.48 Å². The van der Waals surface area contributed by atoms with Crippen LogP contribution in [0.1, 0.15) is 47.5 Å². The summed E-state index contributed by atoms with van der Waals surface area (Å²) in [4.78, 5) is 35.8. The van der Waals surface area contributed by atoms with E-state index in [1.165, 1.54) is 7.05 Å². The van der Waals surface area contributed by atoms with E-state index in [0.29, 0.717) is 6.42 Å². The fourth-order valence-corrected chi connectivity index (χ4v) is 2.20. The van der Waals surface area contributed by atoms with Gasteiger partial charge in [-0.3, -0.25) is 19.6 Å². The molecule has 0 aliphatic heterocycles. The zero-order chi connectivity index (χ0) is 17.5. The number of hydrogen-bond donors (Lipinski definition) is 4. The fraction of sp³-hybridized carbons (Fsp3) is 0.800. The second-order valence-corrected chi connectivity index (χ2v) is 6.99. The Kier molecular flexibility index (Phi) is 8.08. The summed E-state index contributed by atoms with van der Waals surface area (Å²) in [6.07, 6.45) is 0.370. The second kappa shape index (κ2) is 8.73. The third-order valence-electron chi connectivity index (χ3n) is 3.34. The number of amides is 3. The van der Waals surface area contributed by atoms with Crippen LogP contribution < -0.4 is 16.1 Å². The van der Waals surface area contributed by atoms with Crippen molar-refractivity contribution in [1.82, 2.24) is 16.1 Å². The van der Waals surface area contributed by atoms with Crippen LogP contribution in [0.2, 0.25) is 0 Å². The lowest BCUT2D eigenvalue weighted by Gasteiger charge is -2.31. The third kappa shape index (κ3) is 6.89. The largest absolute Gasteiger partial charge is 0.357 e. The minimum absolute atomic E-state index is 0.120. The number of likely N-dealkylation sites (N-methyl/N-ethyl adjacent to an activating group) is 1. The van der Waals surface area contributed by atoms with Crippen LogP contribution in [0.5, 0.6) is 0 Å². The summed E-state index contributed by atoms with van der Waals surface area (Å²) < 4.78 is 0. The van der Waals surface area contributed by atoms with Gasteiger partial charge in [-0.05, 0) is 17.8 Å².